The molecule has 1 aliphatic carbocycles. The van der Waals surface area contributed by atoms with E-state index in [0.717, 1.165) is 36.1 Å². The standard InChI is InChI=1S/C19H19N3O4S/c1-2-11-20-18(24)16-14-5-3-4-6-15(14)27-19(16)21-17(23)12-7-9-13(10-8-12)22(25)26/h2,7-10H,1,3-6,11H2,(H,20,24)(H,21,23). The van der Waals surface area contributed by atoms with E-state index in [9.17, 15) is 19.7 Å². The molecule has 0 saturated carbocycles. The van der Waals surface area contributed by atoms with E-state index in [2.05, 4.69) is 17.2 Å². The van der Waals surface area contributed by atoms with Crippen LogP contribution in [-0.4, -0.2) is 23.3 Å². The van der Waals surface area contributed by atoms with Crippen molar-refractivity contribution >= 4 is 33.8 Å². The highest BCUT2D eigenvalue weighted by atomic mass is 32.1. The van der Waals surface area contributed by atoms with E-state index >= 15 is 0 Å². The number of carbonyl (C=O) groups is 2. The lowest BCUT2D eigenvalue weighted by Gasteiger charge is -2.13. The number of thiophene rings is 1. The maximum atomic E-state index is 12.6. The molecule has 0 unspecified atom stereocenters. The molecule has 0 spiro atoms. The molecule has 0 bridgehead atoms. The summed E-state index contributed by atoms with van der Waals surface area (Å²) in [7, 11) is 0. The fourth-order valence-electron chi connectivity index (χ4n) is 3.06. The van der Waals surface area contributed by atoms with Crippen molar-refractivity contribution in [2.45, 2.75) is 25.7 Å². The molecule has 3 rings (SSSR count). The van der Waals surface area contributed by atoms with Crippen LogP contribution in [0.1, 0.15) is 44.0 Å². The van der Waals surface area contributed by atoms with Gasteiger partial charge in [-0.25, -0.2) is 0 Å². The van der Waals surface area contributed by atoms with Crippen molar-refractivity contribution in [2.24, 2.45) is 0 Å². The predicted octanol–water partition coefficient (Wildman–Crippen LogP) is 3.70. The Morgan fingerprint density at radius 3 is 2.56 bits per heavy atom. The fraction of sp³-hybridized carbons (Fsp3) is 0.263. The van der Waals surface area contributed by atoms with Gasteiger partial charge in [-0.15, -0.1) is 17.9 Å². The zero-order valence-electron chi connectivity index (χ0n) is 14.6. The van der Waals surface area contributed by atoms with Crippen molar-refractivity contribution in [3.05, 3.63) is 68.6 Å². The second kappa shape index (κ2) is 8.13. The molecule has 8 heteroatoms. The Labute approximate surface area is 160 Å². The first-order valence-corrected chi connectivity index (χ1v) is 9.42. The summed E-state index contributed by atoms with van der Waals surface area (Å²) < 4.78 is 0. The predicted molar refractivity (Wildman–Crippen MR) is 105 cm³/mol. The Kier molecular flexibility index (Phi) is 5.66. The van der Waals surface area contributed by atoms with Crippen molar-refractivity contribution in [3.8, 4) is 0 Å². The molecule has 0 atom stereocenters. The average molecular weight is 385 g/mol. The molecule has 1 aromatic heterocycles. The minimum Gasteiger partial charge on any atom is -0.348 e. The number of nitro benzene ring substituents is 1. The van der Waals surface area contributed by atoms with Crippen LogP contribution in [-0.2, 0) is 12.8 Å². The number of nitrogens with zero attached hydrogens (tertiary/aromatic N) is 1. The minimum atomic E-state index is -0.517. The van der Waals surface area contributed by atoms with Gasteiger partial charge >= 0.3 is 0 Å². The highest BCUT2D eigenvalue weighted by Gasteiger charge is 2.26. The largest absolute Gasteiger partial charge is 0.348 e. The summed E-state index contributed by atoms with van der Waals surface area (Å²) in [6.07, 6.45) is 5.40. The van der Waals surface area contributed by atoms with Gasteiger partial charge in [0.15, 0.2) is 0 Å². The van der Waals surface area contributed by atoms with Gasteiger partial charge in [-0.3, -0.25) is 19.7 Å². The number of benzene rings is 1. The summed E-state index contributed by atoms with van der Waals surface area (Å²) in [5.74, 6) is -0.630. The number of rotatable bonds is 6. The quantitative estimate of drug-likeness (QED) is 0.450. The van der Waals surface area contributed by atoms with Crippen molar-refractivity contribution in [3.63, 3.8) is 0 Å². The number of fused-ring (bicyclic) bond motifs is 1. The maximum Gasteiger partial charge on any atom is 0.269 e. The van der Waals surface area contributed by atoms with E-state index in [-0.39, 0.29) is 11.6 Å². The maximum absolute atomic E-state index is 12.6. The van der Waals surface area contributed by atoms with Crippen LogP contribution in [0.15, 0.2) is 36.9 Å². The van der Waals surface area contributed by atoms with Gasteiger partial charge in [0.05, 0.1) is 10.5 Å². The van der Waals surface area contributed by atoms with E-state index < -0.39 is 10.8 Å². The van der Waals surface area contributed by atoms with Crippen molar-refractivity contribution in [2.75, 3.05) is 11.9 Å². The monoisotopic (exact) mass is 385 g/mol. The van der Waals surface area contributed by atoms with Crippen LogP contribution in [0.4, 0.5) is 10.7 Å². The van der Waals surface area contributed by atoms with Crippen LogP contribution in [0.25, 0.3) is 0 Å². The first-order chi connectivity index (χ1) is 13.0. The highest BCUT2D eigenvalue weighted by molar-refractivity contribution is 7.17. The molecule has 1 aliphatic rings. The van der Waals surface area contributed by atoms with E-state index in [1.54, 1.807) is 6.08 Å². The number of amides is 2. The third-order valence-corrected chi connectivity index (χ3v) is 5.58. The number of nitro groups is 1. The van der Waals surface area contributed by atoms with Gasteiger partial charge in [0.25, 0.3) is 17.5 Å². The lowest BCUT2D eigenvalue weighted by Crippen LogP contribution is -2.25. The average Bonchev–Trinajstić information content (AvgIpc) is 3.04. The van der Waals surface area contributed by atoms with Gasteiger partial charge in [-0.2, -0.15) is 0 Å². The number of hydrogen-bond donors (Lipinski definition) is 2. The van der Waals surface area contributed by atoms with Crippen LogP contribution >= 0.6 is 11.3 Å². The van der Waals surface area contributed by atoms with Crippen LogP contribution in [0.5, 0.6) is 0 Å². The van der Waals surface area contributed by atoms with Crippen LogP contribution < -0.4 is 10.6 Å². The normalized spacial score (nSPS) is 12.7. The molecule has 0 radical (unpaired) electrons. The zero-order valence-corrected chi connectivity index (χ0v) is 15.4. The molecule has 2 aromatic rings. The van der Waals surface area contributed by atoms with Crippen LogP contribution in [0.3, 0.4) is 0 Å². The van der Waals surface area contributed by atoms with Gasteiger partial charge < -0.3 is 10.6 Å². The number of anilines is 1. The van der Waals surface area contributed by atoms with Gasteiger partial charge in [0.1, 0.15) is 5.00 Å². The number of carbonyl (C=O) groups excluding carboxylic acids is 2. The Bertz CT molecular complexity index is 902. The lowest BCUT2D eigenvalue weighted by molar-refractivity contribution is -0.384. The topological polar surface area (TPSA) is 101 Å². The van der Waals surface area contributed by atoms with E-state index in [1.165, 1.54) is 35.6 Å². The Morgan fingerprint density at radius 2 is 1.89 bits per heavy atom. The molecule has 0 aliphatic heterocycles. The molecule has 1 heterocycles. The molecule has 1 aromatic carbocycles. The summed E-state index contributed by atoms with van der Waals surface area (Å²) in [6.45, 7) is 3.95. The molecular weight excluding hydrogens is 366 g/mol. The third-order valence-electron chi connectivity index (χ3n) is 4.37. The van der Waals surface area contributed by atoms with E-state index in [1.807, 2.05) is 0 Å². The fourth-order valence-corrected chi connectivity index (χ4v) is 4.34. The Hall–Kier alpha value is -3.00. The van der Waals surface area contributed by atoms with Crippen molar-refractivity contribution in [1.29, 1.82) is 0 Å². The van der Waals surface area contributed by atoms with E-state index in [4.69, 9.17) is 0 Å². The summed E-state index contributed by atoms with van der Waals surface area (Å²) in [6, 6.07) is 5.37. The molecule has 0 fully saturated rings. The first-order valence-electron chi connectivity index (χ1n) is 8.60. The molecule has 2 N–H and O–H groups in total. The number of nitrogens with one attached hydrogen (secondary N) is 2. The number of non-ortho nitro benzene ring substituents is 1. The van der Waals surface area contributed by atoms with Gasteiger partial charge in [-0.05, 0) is 43.4 Å². The molecule has 0 saturated heterocycles. The molecule has 7 nitrogen and oxygen atoms in total. The second-order valence-corrected chi connectivity index (χ2v) is 7.28. The van der Waals surface area contributed by atoms with Crippen LogP contribution in [0.2, 0.25) is 0 Å². The summed E-state index contributed by atoms with van der Waals surface area (Å²) >= 11 is 1.43. The van der Waals surface area contributed by atoms with Gasteiger partial charge in [0.2, 0.25) is 0 Å². The summed E-state index contributed by atoms with van der Waals surface area (Å²) in [5.41, 5.74) is 1.74. The van der Waals surface area contributed by atoms with Crippen LogP contribution in [0, 0.1) is 10.1 Å². The highest BCUT2D eigenvalue weighted by Crippen LogP contribution is 2.38. The first kappa shape index (κ1) is 18.8. The smallest absolute Gasteiger partial charge is 0.269 e. The van der Waals surface area contributed by atoms with Crippen molar-refractivity contribution < 1.29 is 14.5 Å². The minimum absolute atomic E-state index is 0.0809. The SMILES string of the molecule is C=CCNC(=O)c1c(NC(=O)c2ccc([N+](=O)[O-])cc2)sc2c1CCCC2. The lowest BCUT2D eigenvalue weighted by atomic mass is 9.95. The zero-order chi connectivity index (χ0) is 19.4. The molecule has 27 heavy (non-hydrogen) atoms. The molecule has 140 valence electrons. The van der Waals surface area contributed by atoms with Gasteiger partial charge in [-0.1, -0.05) is 6.08 Å². The third kappa shape index (κ3) is 4.06. The number of aryl methyl sites for hydroxylation is 1. The van der Waals surface area contributed by atoms with E-state index in [0.29, 0.717) is 22.7 Å². The Morgan fingerprint density at radius 1 is 1.19 bits per heavy atom. The molecular formula is C19H19N3O4S. The Balaban J connectivity index is 1.88. The summed E-state index contributed by atoms with van der Waals surface area (Å²) in [5, 5.41) is 16.9. The van der Waals surface area contributed by atoms with Crippen molar-refractivity contribution in [1.82, 2.24) is 5.32 Å². The summed E-state index contributed by atoms with van der Waals surface area (Å²) in [4.78, 5) is 36.5. The number of hydrogen-bond acceptors (Lipinski definition) is 5. The van der Waals surface area contributed by atoms with Gasteiger partial charge in [0, 0.05) is 29.1 Å². The molecule has 2 amide bonds. The second-order valence-electron chi connectivity index (χ2n) is 6.17.